The highest BCUT2D eigenvalue weighted by atomic mass is 35.5. The summed E-state index contributed by atoms with van der Waals surface area (Å²) in [6.45, 7) is 0. The molecule has 6 nitrogen and oxygen atoms in total. The molecule has 1 saturated heterocycles. The van der Waals surface area contributed by atoms with Crippen molar-refractivity contribution in [2.24, 2.45) is 0 Å². The van der Waals surface area contributed by atoms with E-state index in [0.717, 1.165) is 17.7 Å². The van der Waals surface area contributed by atoms with Crippen LogP contribution >= 0.6 is 11.6 Å². The van der Waals surface area contributed by atoms with Gasteiger partial charge >= 0.3 is 6.18 Å². The third-order valence-electron chi connectivity index (χ3n) is 4.58. The van der Waals surface area contributed by atoms with Crippen molar-refractivity contribution in [2.45, 2.75) is 24.7 Å². The van der Waals surface area contributed by atoms with E-state index in [1.54, 1.807) is 18.2 Å². The molecule has 0 bridgehead atoms. The molecule has 10 heteroatoms. The number of alkyl halides is 3. The molecule has 0 aromatic heterocycles. The fourth-order valence-electron chi connectivity index (χ4n) is 3.12. The van der Waals surface area contributed by atoms with E-state index in [0.29, 0.717) is 17.9 Å². The lowest BCUT2D eigenvalue weighted by Crippen LogP contribution is -2.39. The third-order valence-corrected chi connectivity index (χ3v) is 4.82. The van der Waals surface area contributed by atoms with E-state index in [1.807, 2.05) is 0 Å². The third kappa shape index (κ3) is 4.75. The topological polar surface area (TPSA) is 71.6 Å². The maximum absolute atomic E-state index is 13.2. The van der Waals surface area contributed by atoms with Gasteiger partial charge in [0.1, 0.15) is 17.5 Å². The summed E-state index contributed by atoms with van der Waals surface area (Å²) in [6, 6.07) is 7.46. The van der Waals surface area contributed by atoms with Crippen LogP contribution in [0.3, 0.4) is 0 Å². The summed E-state index contributed by atoms with van der Waals surface area (Å²) < 4.78 is 50.2. The number of nitrogens with one attached hydrogen (secondary N) is 3. The van der Waals surface area contributed by atoms with Crippen molar-refractivity contribution in [1.82, 2.24) is 10.9 Å². The molecule has 3 N–H and O–H groups in total. The molecule has 2 aromatic rings. The predicted molar refractivity (Wildman–Crippen MR) is 102 cm³/mol. The zero-order chi connectivity index (χ0) is 21.2. The Bertz CT molecular complexity index is 908. The van der Waals surface area contributed by atoms with E-state index in [9.17, 15) is 18.0 Å². The minimum absolute atomic E-state index is 0.0670. The number of hydrogen-bond donors (Lipinski definition) is 3. The van der Waals surface area contributed by atoms with E-state index in [2.05, 4.69) is 16.2 Å². The quantitative estimate of drug-likeness (QED) is 0.672. The van der Waals surface area contributed by atoms with Crippen LogP contribution in [0.1, 0.15) is 23.6 Å². The van der Waals surface area contributed by atoms with Gasteiger partial charge in [0.25, 0.3) is 0 Å². The summed E-state index contributed by atoms with van der Waals surface area (Å²) >= 11 is 5.67. The second-order valence-corrected chi connectivity index (χ2v) is 6.85. The predicted octanol–water partition coefficient (Wildman–Crippen LogP) is 3.92. The highest BCUT2D eigenvalue weighted by Gasteiger charge is 2.36. The Balaban J connectivity index is 1.74. The van der Waals surface area contributed by atoms with Crippen LogP contribution in [0.2, 0.25) is 5.02 Å². The molecule has 1 heterocycles. The molecule has 2 unspecified atom stereocenters. The Morgan fingerprint density at radius 1 is 1.14 bits per heavy atom. The number of anilines is 1. The lowest BCUT2D eigenvalue weighted by molar-refractivity contribution is -0.137. The van der Waals surface area contributed by atoms with Gasteiger partial charge in [0.05, 0.1) is 31.5 Å². The molecule has 1 amide bonds. The van der Waals surface area contributed by atoms with Crippen LogP contribution in [0, 0.1) is 0 Å². The van der Waals surface area contributed by atoms with E-state index in [4.69, 9.17) is 21.1 Å². The molecule has 156 valence electrons. The van der Waals surface area contributed by atoms with Crippen LogP contribution < -0.4 is 25.6 Å². The first-order chi connectivity index (χ1) is 13.7. The molecule has 0 spiro atoms. The summed E-state index contributed by atoms with van der Waals surface area (Å²) in [7, 11) is 3.06. The lowest BCUT2D eigenvalue weighted by Gasteiger charge is -2.16. The Kier molecular flexibility index (Phi) is 6.21. The van der Waals surface area contributed by atoms with Crippen LogP contribution in [-0.4, -0.2) is 26.2 Å². The summed E-state index contributed by atoms with van der Waals surface area (Å²) in [5, 5.41) is 2.27. The van der Waals surface area contributed by atoms with Gasteiger partial charge in [-0.25, -0.2) is 10.9 Å². The van der Waals surface area contributed by atoms with Crippen LogP contribution in [0.4, 0.5) is 18.9 Å². The minimum atomic E-state index is -4.64. The van der Waals surface area contributed by atoms with Crippen LogP contribution in [0.5, 0.6) is 11.5 Å². The maximum Gasteiger partial charge on any atom is 0.418 e. The number of halogens is 4. The highest BCUT2D eigenvalue weighted by Crippen LogP contribution is 2.37. The summed E-state index contributed by atoms with van der Waals surface area (Å²) in [5.74, 6) is 0.593. The molecule has 0 saturated carbocycles. The van der Waals surface area contributed by atoms with Gasteiger partial charge in [-0.15, -0.1) is 0 Å². The van der Waals surface area contributed by atoms with Crippen LogP contribution in [0.15, 0.2) is 36.4 Å². The van der Waals surface area contributed by atoms with Crippen molar-refractivity contribution in [1.29, 1.82) is 0 Å². The standard InChI is InChI=1S/C19H19ClF3N3O3/c1-28-11-4-5-12(17(8-11)29-2)15-9-16(26-25-15)18(27)24-14-6-3-10(20)7-13(14)19(21,22)23/h3-8,15-16,25-26H,9H2,1-2H3,(H,24,27). The van der Waals surface area contributed by atoms with Crippen LogP contribution in [-0.2, 0) is 11.0 Å². The smallest absolute Gasteiger partial charge is 0.418 e. The van der Waals surface area contributed by atoms with E-state index in [1.165, 1.54) is 20.3 Å². The molecule has 0 radical (unpaired) electrons. The second-order valence-electron chi connectivity index (χ2n) is 6.41. The fraction of sp³-hybridized carbons (Fsp3) is 0.316. The average Bonchev–Trinajstić information content (AvgIpc) is 3.18. The first-order valence-corrected chi connectivity index (χ1v) is 9.01. The van der Waals surface area contributed by atoms with Crippen molar-refractivity contribution >= 4 is 23.2 Å². The summed E-state index contributed by atoms with van der Waals surface area (Å²) in [6.07, 6.45) is -4.34. The van der Waals surface area contributed by atoms with Crippen molar-refractivity contribution in [2.75, 3.05) is 19.5 Å². The number of amides is 1. The van der Waals surface area contributed by atoms with Crippen LogP contribution in [0.25, 0.3) is 0 Å². The number of carbonyl (C=O) groups excluding carboxylic acids is 1. The molecule has 0 aliphatic carbocycles. The maximum atomic E-state index is 13.2. The van der Waals surface area contributed by atoms with E-state index < -0.39 is 23.7 Å². The first kappa shape index (κ1) is 21.2. The molecule has 1 aliphatic rings. The van der Waals surface area contributed by atoms with Crippen molar-refractivity contribution < 1.29 is 27.4 Å². The molecular formula is C19H19ClF3N3O3. The van der Waals surface area contributed by atoms with Gasteiger partial charge in [0, 0.05) is 16.7 Å². The van der Waals surface area contributed by atoms with Gasteiger partial charge in [0.2, 0.25) is 5.91 Å². The van der Waals surface area contributed by atoms with Crippen molar-refractivity contribution in [3.63, 3.8) is 0 Å². The van der Waals surface area contributed by atoms with Gasteiger partial charge in [-0.3, -0.25) is 4.79 Å². The Hall–Kier alpha value is -2.49. The van der Waals surface area contributed by atoms with E-state index in [-0.39, 0.29) is 16.8 Å². The molecular weight excluding hydrogens is 411 g/mol. The van der Waals surface area contributed by atoms with Gasteiger partial charge in [-0.2, -0.15) is 13.2 Å². The number of benzene rings is 2. The molecule has 2 atom stereocenters. The Labute approximate surface area is 170 Å². The Morgan fingerprint density at radius 3 is 2.55 bits per heavy atom. The number of ether oxygens (including phenoxy) is 2. The number of carbonyl (C=O) groups is 1. The molecule has 1 fully saturated rings. The van der Waals surface area contributed by atoms with Crippen molar-refractivity contribution in [3.05, 3.63) is 52.5 Å². The summed E-state index contributed by atoms with van der Waals surface area (Å²) in [5.41, 5.74) is 5.24. The average molecular weight is 430 g/mol. The first-order valence-electron chi connectivity index (χ1n) is 8.63. The Morgan fingerprint density at radius 2 is 1.90 bits per heavy atom. The zero-order valence-electron chi connectivity index (χ0n) is 15.6. The lowest BCUT2D eigenvalue weighted by atomic mass is 10.0. The SMILES string of the molecule is COc1ccc(C2CC(C(=O)Nc3ccc(Cl)cc3C(F)(F)F)NN2)c(OC)c1. The van der Waals surface area contributed by atoms with Crippen molar-refractivity contribution in [3.8, 4) is 11.5 Å². The second kappa shape index (κ2) is 8.48. The van der Waals surface area contributed by atoms with E-state index >= 15 is 0 Å². The number of hydrogen-bond acceptors (Lipinski definition) is 5. The zero-order valence-corrected chi connectivity index (χ0v) is 16.3. The number of methoxy groups -OCH3 is 2. The van der Waals surface area contributed by atoms with Gasteiger partial charge in [-0.05, 0) is 30.7 Å². The largest absolute Gasteiger partial charge is 0.497 e. The molecule has 1 aliphatic heterocycles. The normalized spacial score (nSPS) is 19.1. The number of rotatable bonds is 5. The summed E-state index contributed by atoms with van der Waals surface area (Å²) in [4.78, 5) is 12.5. The molecule has 2 aromatic carbocycles. The number of hydrazine groups is 1. The molecule has 29 heavy (non-hydrogen) atoms. The fourth-order valence-corrected chi connectivity index (χ4v) is 3.29. The molecule has 3 rings (SSSR count). The van der Waals surface area contributed by atoms with Gasteiger partial charge in [-0.1, -0.05) is 17.7 Å². The van der Waals surface area contributed by atoms with Gasteiger partial charge < -0.3 is 14.8 Å². The monoisotopic (exact) mass is 429 g/mol. The highest BCUT2D eigenvalue weighted by molar-refractivity contribution is 6.30. The minimum Gasteiger partial charge on any atom is -0.497 e. The van der Waals surface area contributed by atoms with Gasteiger partial charge in [0.15, 0.2) is 0 Å².